The molecular formula is C25H33N3O4. The van der Waals surface area contributed by atoms with E-state index in [1.54, 1.807) is 27.2 Å². The number of rotatable bonds is 6. The molecule has 0 unspecified atom stereocenters. The number of cyclic esters (lactones) is 1. The molecule has 0 spiro atoms. The Morgan fingerprint density at radius 3 is 2.62 bits per heavy atom. The number of aromatic nitrogens is 1. The summed E-state index contributed by atoms with van der Waals surface area (Å²) < 4.78 is 11.4. The Morgan fingerprint density at radius 2 is 2.00 bits per heavy atom. The third-order valence-corrected chi connectivity index (χ3v) is 6.41. The molecule has 2 aromatic rings. The Labute approximate surface area is 190 Å². The van der Waals surface area contributed by atoms with Crippen molar-refractivity contribution in [3.63, 3.8) is 0 Å². The SMILES string of the molecule is COc1ccc(N2CCC[C@H](N3CC[C@](CC(C)(C)O)(c4ccccc4)OC3=O)C2)nc1. The number of carbonyl (C=O) groups excluding carboxylic acids is 1. The molecule has 2 atom stereocenters. The average molecular weight is 440 g/mol. The van der Waals surface area contributed by atoms with Crippen molar-refractivity contribution in [3.8, 4) is 5.75 Å². The molecule has 4 rings (SSSR count). The third-order valence-electron chi connectivity index (χ3n) is 6.41. The molecule has 0 radical (unpaired) electrons. The van der Waals surface area contributed by atoms with Gasteiger partial charge in [0.25, 0.3) is 0 Å². The lowest BCUT2D eigenvalue weighted by atomic mass is 9.80. The first-order valence-electron chi connectivity index (χ1n) is 11.3. The molecular weight excluding hydrogens is 406 g/mol. The van der Waals surface area contributed by atoms with Crippen LogP contribution in [0.1, 0.15) is 45.1 Å². The van der Waals surface area contributed by atoms with Crippen LogP contribution in [0.4, 0.5) is 10.6 Å². The summed E-state index contributed by atoms with van der Waals surface area (Å²) in [5.74, 6) is 1.62. The normalized spacial score (nSPS) is 24.2. The fourth-order valence-corrected chi connectivity index (χ4v) is 4.97. The van der Waals surface area contributed by atoms with Crippen molar-refractivity contribution in [2.24, 2.45) is 0 Å². The molecule has 1 amide bonds. The number of ether oxygens (including phenoxy) is 2. The van der Waals surface area contributed by atoms with E-state index in [4.69, 9.17) is 9.47 Å². The Hall–Kier alpha value is -2.80. The summed E-state index contributed by atoms with van der Waals surface area (Å²) in [4.78, 5) is 21.9. The van der Waals surface area contributed by atoms with E-state index in [0.29, 0.717) is 19.4 Å². The quantitative estimate of drug-likeness (QED) is 0.734. The smallest absolute Gasteiger partial charge is 0.410 e. The van der Waals surface area contributed by atoms with Gasteiger partial charge in [-0.3, -0.25) is 0 Å². The van der Waals surface area contributed by atoms with Crippen LogP contribution in [0.15, 0.2) is 48.7 Å². The molecule has 32 heavy (non-hydrogen) atoms. The number of nitrogens with zero attached hydrogens (tertiary/aromatic N) is 3. The maximum absolute atomic E-state index is 13.3. The van der Waals surface area contributed by atoms with Gasteiger partial charge in [0.2, 0.25) is 0 Å². The van der Waals surface area contributed by atoms with Gasteiger partial charge in [-0.25, -0.2) is 9.78 Å². The van der Waals surface area contributed by atoms with Crippen LogP contribution in [0, 0.1) is 0 Å². The van der Waals surface area contributed by atoms with E-state index in [0.717, 1.165) is 43.1 Å². The van der Waals surface area contributed by atoms with Gasteiger partial charge >= 0.3 is 6.09 Å². The number of hydrogen-bond acceptors (Lipinski definition) is 6. The van der Waals surface area contributed by atoms with Crippen molar-refractivity contribution < 1.29 is 19.4 Å². The minimum atomic E-state index is -0.958. The monoisotopic (exact) mass is 439 g/mol. The second-order valence-corrected chi connectivity index (χ2v) is 9.46. The zero-order valence-electron chi connectivity index (χ0n) is 19.2. The van der Waals surface area contributed by atoms with Gasteiger partial charge in [0, 0.05) is 32.5 Å². The van der Waals surface area contributed by atoms with Crippen LogP contribution in [0.25, 0.3) is 0 Å². The zero-order valence-corrected chi connectivity index (χ0v) is 19.2. The number of pyridine rings is 1. The highest BCUT2D eigenvalue weighted by atomic mass is 16.6. The first-order chi connectivity index (χ1) is 15.3. The van der Waals surface area contributed by atoms with Crippen LogP contribution in [-0.2, 0) is 10.3 Å². The van der Waals surface area contributed by atoms with Gasteiger partial charge in [0.1, 0.15) is 17.2 Å². The Balaban J connectivity index is 1.49. The van der Waals surface area contributed by atoms with Gasteiger partial charge in [-0.1, -0.05) is 30.3 Å². The standard InChI is InChI=1S/C25H33N3O4/c1-24(2,30)18-25(19-8-5-4-6-9-19)13-15-28(23(29)32-25)20-10-7-14-27(17-20)22-12-11-21(31-3)16-26-22/h4-6,8-9,11-12,16,20,30H,7,10,13-15,17-18H2,1-3H3/t20-,25-/m0/s1. The number of hydrogen-bond donors (Lipinski definition) is 1. The molecule has 1 N–H and O–H groups in total. The predicted octanol–water partition coefficient (Wildman–Crippen LogP) is 3.96. The van der Waals surface area contributed by atoms with Crippen molar-refractivity contribution in [1.82, 2.24) is 9.88 Å². The summed E-state index contributed by atoms with van der Waals surface area (Å²) in [6.07, 6.45) is 4.33. The van der Waals surface area contributed by atoms with Crippen molar-refractivity contribution in [3.05, 3.63) is 54.2 Å². The molecule has 1 aromatic heterocycles. The predicted molar refractivity (Wildman–Crippen MR) is 123 cm³/mol. The number of methoxy groups -OCH3 is 1. The summed E-state index contributed by atoms with van der Waals surface area (Å²) in [5, 5.41) is 10.6. The van der Waals surface area contributed by atoms with Crippen LogP contribution < -0.4 is 9.64 Å². The van der Waals surface area contributed by atoms with E-state index in [2.05, 4.69) is 9.88 Å². The van der Waals surface area contributed by atoms with Crippen molar-refractivity contribution >= 4 is 11.9 Å². The maximum atomic E-state index is 13.3. The van der Waals surface area contributed by atoms with E-state index >= 15 is 0 Å². The van der Waals surface area contributed by atoms with Gasteiger partial charge in [0.05, 0.1) is 24.9 Å². The van der Waals surface area contributed by atoms with Crippen LogP contribution >= 0.6 is 0 Å². The number of aliphatic hydroxyl groups is 1. The minimum absolute atomic E-state index is 0.0658. The summed E-state index contributed by atoms with van der Waals surface area (Å²) >= 11 is 0. The Kier molecular flexibility index (Phi) is 6.29. The van der Waals surface area contributed by atoms with Gasteiger partial charge < -0.3 is 24.4 Å². The van der Waals surface area contributed by atoms with E-state index in [-0.39, 0.29) is 12.1 Å². The summed E-state index contributed by atoms with van der Waals surface area (Å²) in [6, 6.07) is 13.7. The lowest BCUT2D eigenvalue weighted by Gasteiger charge is -2.47. The number of carbonyl (C=O) groups is 1. The first-order valence-corrected chi connectivity index (χ1v) is 11.3. The molecule has 7 heteroatoms. The van der Waals surface area contributed by atoms with Crippen molar-refractivity contribution in [2.75, 3.05) is 31.6 Å². The van der Waals surface area contributed by atoms with Gasteiger partial charge in [-0.2, -0.15) is 0 Å². The fraction of sp³-hybridized carbons (Fsp3) is 0.520. The lowest BCUT2D eigenvalue weighted by molar-refractivity contribution is -0.102. The second kappa shape index (κ2) is 8.98. The van der Waals surface area contributed by atoms with Gasteiger partial charge in [-0.15, -0.1) is 0 Å². The largest absolute Gasteiger partial charge is 0.495 e. The average Bonchev–Trinajstić information content (AvgIpc) is 2.79. The lowest BCUT2D eigenvalue weighted by Crippen LogP contribution is -2.57. The van der Waals surface area contributed by atoms with Crippen LogP contribution in [0.2, 0.25) is 0 Å². The molecule has 2 fully saturated rings. The number of benzene rings is 1. The molecule has 0 bridgehead atoms. The molecule has 2 aliphatic heterocycles. The van der Waals surface area contributed by atoms with E-state index < -0.39 is 11.2 Å². The fourth-order valence-electron chi connectivity index (χ4n) is 4.97. The highest BCUT2D eigenvalue weighted by molar-refractivity contribution is 5.70. The van der Waals surface area contributed by atoms with Crippen LogP contribution in [-0.4, -0.2) is 59.5 Å². The zero-order chi connectivity index (χ0) is 22.8. The molecule has 2 saturated heterocycles. The number of anilines is 1. The van der Waals surface area contributed by atoms with E-state index in [9.17, 15) is 9.90 Å². The molecule has 7 nitrogen and oxygen atoms in total. The van der Waals surface area contributed by atoms with Gasteiger partial charge in [-0.05, 0) is 44.4 Å². The van der Waals surface area contributed by atoms with E-state index in [1.165, 1.54) is 0 Å². The van der Waals surface area contributed by atoms with Crippen LogP contribution in [0.3, 0.4) is 0 Å². The summed E-state index contributed by atoms with van der Waals surface area (Å²) in [6.45, 7) is 5.75. The topological polar surface area (TPSA) is 75.1 Å². The second-order valence-electron chi connectivity index (χ2n) is 9.46. The number of amides is 1. The summed E-state index contributed by atoms with van der Waals surface area (Å²) in [5.41, 5.74) is -0.846. The Bertz CT molecular complexity index is 913. The van der Waals surface area contributed by atoms with Crippen LogP contribution in [0.5, 0.6) is 5.75 Å². The molecule has 0 aliphatic carbocycles. The molecule has 2 aliphatic rings. The highest BCUT2D eigenvalue weighted by Crippen LogP contribution is 2.41. The number of piperidine rings is 1. The first kappa shape index (κ1) is 22.4. The maximum Gasteiger partial charge on any atom is 0.410 e. The molecule has 1 aromatic carbocycles. The summed E-state index contributed by atoms with van der Waals surface area (Å²) in [7, 11) is 1.63. The van der Waals surface area contributed by atoms with Gasteiger partial charge in [0.15, 0.2) is 0 Å². The molecule has 3 heterocycles. The third kappa shape index (κ3) is 4.83. The minimum Gasteiger partial charge on any atom is -0.495 e. The van der Waals surface area contributed by atoms with Crippen molar-refractivity contribution in [1.29, 1.82) is 0 Å². The molecule has 172 valence electrons. The van der Waals surface area contributed by atoms with E-state index in [1.807, 2.05) is 47.4 Å². The van der Waals surface area contributed by atoms with Crippen molar-refractivity contribution in [2.45, 2.75) is 56.8 Å². The highest BCUT2D eigenvalue weighted by Gasteiger charge is 2.47. The molecule has 0 saturated carbocycles. The Morgan fingerprint density at radius 1 is 1.22 bits per heavy atom.